The predicted molar refractivity (Wildman–Crippen MR) is 124 cm³/mol. The molecule has 3 rings (SSSR count). The maximum absolute atomic E-state index is 12.7. The van der Waals surface area contributed by atoms with E-state index in [4.69, 9.17) is 0 Å². The average molecular weight is 466 g/mol. The third-order valence-corrected chi connectivity index (χ3v) is 8.16. The number of nitrogens with zero attached hydrogens (tertiary/aromatic N) is 3. The average Bonchev–Trinajstić information content (AvgIpc) is 3.17. The lowest BCUT2D eigenvalue weighted by molar-refractivity contribution is -0.123. The second-order valence-corrected chi connectivity index (χ2v) is 12.0. The van der Waals surface area contributed by atoms with E-state index >= 15 is 0 Å². The van der Waals surface area contributed by atoms with Gasteiger partial charge in [-0.3, -0.25) is 4.79 Å². The molecule has 1 aromatic heterocycles. The molecular formula is C21H31N5O3S2. The third kappa shape index (κ3) is 6.02. The standard InChI is InChI=1S/C21H31N5O3S2/c1-14-10-12-26(13-11-14)17-8-6-16(7-9-17)15(2)25-31(28,29)20-24-23-19(30-20)22-18(27)21(3,4)5/h6-9,14-15,25H,10-13H2,1-5H3,(H,22,23,27)/t15-/m0/s1. The zero-order valence-corrected chi connectivity index (χ0v) is 20.3. The maximum atomic E-state index is 12.7. The van der Waals surface area contributed by atoms with Crippen molar-refractivity contribution in [1.82, 2.24) is 14.9 Å². The summed E-state index contributed by atoms with van der Waals surface area (Å²) >= 11 is 0.832. The number of carbonyl (C=O) groups excluding carboxylic acids is 1. The van der Waals surface area contributed by atoms with Crippen LogP contribution in [0.1, 0.15) is 59.1 Å². The molecule has 0 bridgehead atoms. The van der Waals surface area contributed by atoms with Crippen LogP contribution < -0.4 is 14.9 Å². The number of hydrogen-bond acceptors (Lipinski definition) is 7. The zero-order chi connectivity index (χ0) is 22.8. The number of anilines is 2. The molecule has 31 heavy (non-hydrogen) atoms. The molecule has 1 fully saturated rings. The fraction of sp³-hybridized carbons (Fsp3) is 0.571. The Morgan fingerprint density at radius 2 is 1.77 bits per heavy atom. The Bertz CT molecular complexity index is 1000. The lowest BCUT2D eigenvalue weighted by Crippen LogP contribution is -2.32. The van der Waals surface area contributed by atoms with E-state index in [1.165, 1.54) is 12.8 Å². The highest BCUT2D eigenvalue weighted by Crippen LogP contribution is 2.27. The number of rotatable bonds is 6. The van der Waals surface area contributed by atoms with Crippen molar-refractivity contribution in [2.45, 2.75) is 57.8 Å². The molecule has 0 radical (unpaired) electrons. The lowest BCUT2D eigenvalue weighted by atomic mass is 9.96. The van der Waals surface area contributed by atoms with E-state index in [1.807, 2.05) is 24.3 Å². The molecule has 170 valence electrons. The van der Waals surface area contributed by atoms with E-state index in [2.05, 4.69) is 32.1 Å². The molecular weight excluding hydrogens is 434 g/mol. The Kier molecular flexibility index (Phi) is 7.02. The number of nitrogens with one attached hydrogen (secondary N) is 2. The number of sulfonamides is 1. The van der Waals surface area contributed by atoms with Gasteiger partial charge in [-0.1, -0.05) is 51.2 Å². The Morgan fingerprint density at radius 1 is 1.16 bits per heavy atom. The summed E-state index contributed by atoms with van der Waals surface area (Å²) in [6.45, 7) is 11.5. The van der Waals surface area contributed by atoms with Crippen LogP contribution in [0.3, 0.4) is 0 Å². The molecule has 1 amide bonds. The van der Waals surface area contributed by atoms with Crippen LogP contribution in [0.4, 0.5) is 10.8 Å². The minimum atomic E-state index is -3.86. The number of benzene rings is 1. The fourth-order valence-electron chi connectivity index (χ4n) is 3.25. The molecule has 1 aliphatic rings. The summed E-state index contributed by atoms with van der Waals surface area (Å²) < 4.78 is 27.9. The van der Waals surface area contributed by atoms with Gasteiger partial charge in [0.2, 0.25) is 15.4 Å². The van der Waals surface area contributed by atoms with E-state index < -0.39 is 21.5 Å². The second kappa shape index (κ2) is 9.22. The zero-order valence-electron chi connectivity index (χ0n) is 18.7. The van der Waals surface area contributed by atoms with Gasteiger partial charge in [0.1, 0.15) is 0 Å². The summed E-state index contributed by atoms with van der Waals surface area (Å²) in [6, 6.07) is 7.56. The van der Waals surface area contributed by atoms with Crippen LogP contribution in [0.2, 0.25) is 0 Å². The number of aromatic nitrogens is 2. The Hall–Kier alpha value is -2.04. The summed E-state index contributed by atoms with van der Waals surface area (Å²) in [5.41, 5.74) is 1.41. The first-order chi connectivity index (χ1) is 14.5. The van der Waals surface area contributed by atoms with Gasteiger partial charge in [-0.05, 0) is 43.4 Å². The fourth-order valence-corrected chi connectivity index (χ4v) is 5.39. The summed E-state index contributed by atoms with van der Waals surface area (Å²) in [5.74, 6) is 0.518. The van der Waals surface area contributed by atoms with E-state index in [9.17, 15) is 13.2 Å². The van der Waals surface area contributed by atoms with E-state index in [-0.39, 0.29) is 15.4 Å². The lowest BCUT2D eigenvalue weighted by Gasteiger charge is -2.32. The molecule has 2 N–H and O–H groups in total. The smallest absolute Gasteiger partial charge is 0.270 e. The summed E-state index contributed by atoms with van der Waals surface area (Å²) in [6.07, 6.45) is 2.38. The second-order valence-electron chi connectivity index (χ2n) is 9.18. The first-order valence-electron chi connectivity index (χ1n) is 10.5. The molecule has 2 heterocycles. The van der Waals surface area contributed by atoms with Crippen LogP contribution in [-0.2, 0) is 14.8 Å². The SMILES string of the molecule is CC1CCN(c2ccc([C@H](C)NS(=O)(=O)c3nnc(NC(=O)C(C)(C)C)s3)cc2)CC1. The Morgan fingerprint density at radius 3 is 2.35 bits per heavy atom. The van der Waals surface area contributed by atoms with Crippen LogP contribution >= 0.6 is 11.3 Å². The molecule has 1 aromatic carbocycles. The summed E-state index contributed by atoms with van der Waals surface area (Å²) in [7, 11) is -3.86. The first-order valence-corrected chi connectivity index (χ1v) is 12.8. The van der Waals surface area contributed by atoms with Crippen molar-refractivity contribution in [2.24, 2.45) is 11.3 Å². The van der Waals surface area contributed by atoms with Crippen molar-refractivity contribution in [2.75, 3.05) is 23.3 Å². The van der Waals surface area contributed by atoms with Crippen molar-refractivity contribution in [3.63, 3.8) is 0 Å². The molecule has 0 spiro atoms. The van der Waals surface area contributed by atoms with Crippen LogP contribution in [0.15, 0.2) is 28.6 Å². The predicted octanol–water partition coefficient (Wildman–Crippen LogP) is 3.80. The Balaban J connectivity index is 1.64. The maximum Gasteiger partial charge on any atom is 0.270 e. The van der Waals surface area contributed by atoms with Gasteiger partial charge in [0.15, 0.2) is 0 Å². The number of piperidine rings is 1. The Labute approximate surface area is 188 Å². The minimum Gasteiger partial charge on any atom is -0.372 e. The van der Waals surface area contributed by atoms with Gasteiger partial charge in [0.25, 0.3) is 10.0 Å². The minimum absolute atomic E-state index is 0.160. The largest absolute Gasteiger partial charge is 0.372 e. The molecule has 1 saturated heterocycles. The van der Waals surface area contributed by atoms with Crippen LogP contribution in [-0.4, -0.2) is 37.6 Å². The van der Waals surface area contributed by atoms with Gasteiger partial charge >= 0.3 is 0 Å². The van der Waals surface area contributed by atoms with Crippen molar-refractivity contribution in [3.05, 3.63) is 29.8 Å². The molecule has 1 aliphatic heterocycles. The van der Waals surface area contributed by atoms with Crippen molar-refractivity contribution >= 4 is 38.1 Å². The summed E-state index contributed by atoms with van der Waals surface area (Å²) in [4.78, 5) is 14.4. The topological polar surface area (TPSA) is 104 Å². The van der Waals surface area contributed by atoms with Gasteiger partial charge in [0.05, 0.1) is 0 Å². The molecule has 0 unspecified atom stereocenters. The monoisotopic (exact) mass is 465 g/mol. The van der Waals surface area contributed by atoms with Gasteiger partial charge in [-0.15, -0.1) is 10.2 Å². The van der Waals surface area contributed by atoms with Crippen LogP contribution in [0, 0.1) is 11.3 Å². The molecule has 0 aliphatic carbocycles. The number of carbonyl (C=O) groups is 1. The van der Waals surface area contributed by atoms with Crippen molar-refractivity contribution in [3.8, 4) is 0 Å². The third-order valence-electron chi connectivity index (χ3n) is 5.41. The van der Waals surface area contributed by atoms with Gasteiger partial charge < -0.3 is 10.2 Å². The molecule has 0 saturated carbocycles. The van der Waals surface area contributed by atoms with E-state index in [0.717, 1.165) is 41.6 Å². The highest BCUT2D eigenvalue weighted by molar-refractivity contribution is 7.91. The van der Waals surface area contributed by atoms with Crippen LogP contribution in [0.5, 0.6) is 0 Å². The highest BCUT2D eigenvalue weighted by Gasteiger charge is 2.26. The molecule has 2 aromatic rings. The molecule has 1 atom stereocenters. The van der Waals surface area contributed by atoms with Gasteiger partial charge in [-0.2, -0.15) is 0 Å². The highest BCUT2D eigenvalue weighted by atomic mass is 32.2. The van der Waals surface area contributed by atoms with Crippen molar-refractivity contribution < 1.29 is 13.2 Å². The quantitative estimate of drug-likeness (QED) is 0.629. The van der Waals surface area contributed by atoms with E-state index in [0.29, 0.717) is 0 Å². The first kappa shape index (κ1) is 23.6. The summed E-state index contributed by atoms with van der Waals surface area (Å²) in [5, 5.41) is 10.3. The van der Waals surface area contributed by atoms with E-state index in [1.54, 1.807) is 27.7 Å². The van der Waals surface area contributed by atoms with Crippen LogP contribution in [0.25, 0.3) is 0 Å². The number of hydrogen-bond donors (Lipinski definition) is 2. The van der Waals surface area contributed by atoms with Gasteiger partial charge in [0, 0.05) is 30.2 Å². The normalized spacial score (nSPS) is 16.9. The van der Waals surface area contributed by atoms with Crippen molar-refractivity contribution in [1.29, 1.82) is 0 Å². The molecule has 10 heteroatoms. The number of amides is 1. The molecule has 8 nitrogen and oxygen atoms in total. The van der Waals surface area contributed by atoms with Gasteiger partial charge in [-0.25, -0.2) is 13.1 Å².